The Kier molecular flexibility index (Phi) is 2.87. The summed E-state index contributed by atoms with van der Waals surface area (Å²) in [4.78, 5) is 7.89. The number of nitrogens with two attached hydrogens (primary N) is 1. The van der Waals surface area contributed by atoms with E-state index < -0.39 is 30.5 Å². The summed E-state index contributed by atoms with van der Waals surface area (Å²) in [5.74, 6) is 0.203. The minimum absolute atomic E-state index is 0.203. The van der Waals surface area contributed by atoms with E-state index in [1.165, 1.54) is 13.3 Å². The molecule has 3 heterocycles. The Morgan fingerprint density at radius 1 is 1.45 bits per heavy atom. The van der Waals surface area contributed by atoms with Crippen molar-refractivity contribution in [3.63, 3.8) is 0 Å². The van der Waals surface area contributed by atoms with Crippen LogP contribution in [0, 0.1) is 0 Å². The number of nitrogens with zero attached hydrogens (tertiary/aromatic N) is 3. The van der Waals surface area contributed by atoms with E-state index in [9.17, 15) is 15.3 Å². The highest BCUT2D eigenvalue weighted by molar-refractivity contribution is 5.85. The number of ether oxygens (including phenoxy) is 1. The zero-order chi connectivity index (χ0) is 14.5. The van der Waals surface area contributed by atoms with E-state index in [0.29, 0.717) is 16.7 Å². The molecular weight excluding hydrogens is 266 g/mol. The lowest BCUT2D eigenvalue weighted by Crippen LogP contribution is -2.43. The third-order valence-corrected chi connectivity index (χ3v) is 3.63. The SMILES string of the molecule is C[C@]1(O)C(c2[nH]nc3c(N)ncnc23)O[C@H](CO)[C@H]1O. The van der Waals surface area contributed by atoms with Crippen LogP contribution in [0.4, 0.5) is 5.82 Å². The maximum absolute atomic E-state index is 10.4. The van der Waals surface area contributed by atoms with E-state index in [0.717, 1.165) is 0 Å². The predicted octanol–water partition coefficient (Wildman–Crippen LogP) is -1.52. The molecule has 9 nitrogen and oxygen atoms in total. The number of aliphatic hydroxyl groups is 3. The first-order valence-corrected chi connectivity index (χ1v) is 6.08. The fraction of sp³-hybridized carbons (Fsp3) is 0.545. The van der Waals surface area contributed by atoms with Gasteiger partial charge in [0.1, 0.15) is 35.8 Å². The zero-order valence-electron chi connectivity index (χ0n) is 10.7. The number of nitrogens with one attached hydrogen (secondary N) is 1. The first kappa shape index (κ1) is 13.2. The van der Waals surface area contributed by atoms with Gasteiger partial charge in [-0.2, -0.15) is 5.10 Å². The summed E-state index contributed by atoms with van der Waals surface area (Å²) in [6.45, 7) is 1.02. The summed E-state index contributed by atoms with van der Waals surface area (Å²) >= 11 is 0. The molecule has 0 radical (unpaired) electrons. The number of rotatable bonds is 2. The van der Waals surface area contributed by atoms with Crippen LogP contribution in [-0.4, -0.2) is 59.9 Å². The number of anilines is 1. The molecule has 0 spiro atoms. The summed E-state index contributed by atoms with van der Waals surface area (Å²) in [5, 5.41) is 36.3. The molecule has 0 aromatic carbocycles. The highest BCUT2D eigenvalue weighted by Crippen LogP contribution is 2.42. The molecule has 2 aromatic heterocycles. The van der Waals surface area contributed by atoms with Crippen LogP contribution in [0.1, 0.15) is 18.7 Å². The van der Waals surface area contributed by atoms with Gasteiger partial charge < -0.3 is 25.8 Å². The van der Waals surface area contributed by atoms with Crippen LogP contribution in [-0.2, 0) is 4.74 Å². The van der Waals surface area contributed by atoms with E-state index in [4.69, 9.17) is 10.5 Å². The molecule has 9 heteroatoms. The third-order valence-electron chi connectivity index (χ3n) is 3.63. The second-order valence-electron chi connectivity index (χ2n) is 5.00. The van der Waals surface area contributed by atoms with Gasteiger partial charge in [0.15, 0.2) is 11.3 Å². The molecule has 0 amide bonds. The van der Waals surface area contributed by atoms with Crippen molar-refractivity contribution < 1.29 is 20.1 Å². The van der Waals surface area contributed by atoms with E-state index in [1.54, 1.807) is 0 Å². The Morgan fingerprint density at radius 2 is 2.20 bits per heavy atom. The van der Waals surface area contributed by atoms with Gasteiger partial charge in [-0.1, -0.05) is 0 Å². The molecule has 0 bridgehead atoms. The molecule has 20 heavy (non-hydrogen) atoms. The van der Waals surface area contributed by atoms with Crippen molar-refractivity contribution in [2.45, 2.75) is 30.8 Å². The molecule has 1 fully saturated rings. The first-order valence-electron chi connectivity index (χ1n) is 6.08. The molecule has 1 saturated heterocycles. The second-order valence-corrected chi connectivity index (χ2v) is 5.00. The minimum atomic E-state index is -1.59. The molecule has 3 rings (SSSR count). The topological polar surface area (TPSA) is 150 Å². The van der Waals surface area contributed by atoms with Crippen molar-refractivity contribution in [1.29, 1.82) is 0 Å². The summed E-state index contributed by atoms with van der Waals surface area (Å²) in [5.41, 5.74) is 5.26. The molecule has 6 N–H and O–H groups in total. The summed E-state index contributed by atoms with van der Waals surface area (Å²) in [6, 6.07) is 0. The van der Waals surface area contributed by atoms with Crippen LogP contribution in [0.15, 0.2) is 6.33 Å². The lowest BCUT2D eigenvalue weighted by Gasteiger charge is -2.25. The molecule has 4 atom stereocenters. The maximum Gasteiger partial charge on any atom is 0.155 e. The Labute approximate surface area is 113 Å². The number of H-pyrrole nitrogens is 1. The number of hydrogen-bond acceptors (Lipinski definition) is 8. The number of fused-ring (bicyclic) bond motifs is 1. The lowest BCUT2D eigenvalue weighted by molar-refractivity contribution is -0.0655. The van der Waals surface area contributed by atoms with Gasteiger partial charge in [0.25, 0.3) is 0 Å². The zero-order valence-corrected chi connectivity index (χ0v) is 10.7. The van der Waals surface area contributed by atoms with E-state index in [2.05, 4.69) is 20.2 Å². The lowest BCUT2D eigenvalue weighted by atomic mass is 9.91. The van der Waals surface area contributed by atoms with Gasteiger partial charge in [-0.15, -0.1) is 0 Å². The van der Waals surface area contributed by atoms with Gasteiger partial charge in [-0.3, -0.25) is 5.10 Å². The predicted molar refractivity (Wildman–Crippen MR) is 67.4 cm³/mol. The average Bonchev–Trinajstić information content (AvgIpc) is 2.92. The van der Waals surface area contributed by atoms with Gasteiger partial charge in [-0.25, -0.2) is 9.97 Å². The maximum atomic E-state index is 10.4. The summed E-state index contributed by atoms with van der Waals surface area (Å²) in [6.07, 6.45) is -1.74. The molecule has 0 saturated carbocycles. The standard InChI is InChI=1S/C11H15N5O4/c1-11(19)8(18)4(2-17)20-9(11)6-5-7(16-15-6)10(12)14-3-13-5/h3-4,8-9,17-19H,2H2,1H3,(H,15,16)(H2,12,13,14)/t4-,8-,9?,11-/m1/s1. The third kappa shape index (κ3) is 1.68. The number of nitrogen functional groups attached to an aromatic ring is 1. The van der Waals surface area contributed by atoms with Crippen LogP contribution in [0.5, 0.6) is 0 Å². The van der Waals surface area contributed by atoms with Gasteiger partial charge in [0.05, 0.1) is 12.3 Å². The molecule has 1 aliphatic rings. The minimum Gasteiger partial charge on any atom is -0.394 e. The van der Waals surface area contributed by atoms with Crippen molar-refractivity contribution in [1.82, 2.24) is 20.2 Å². The normalized spacial score (nSPS) is 33.9. The van der Waals surface area contributed by atoms with Crippen molar-refractivity contribution in [3.05, 3.63) is 12.0 Å². The Bertz CT molecular complexity index is 643. The van der Waals surface area contributed by atoms with Crippen molar-refractivity contribution in [2.24, 2.45) is 0 Å². The van der Waals surface area contributed by atoms with Crippen molar-refractivity contribution in [3.8, 4) is 0 Å². The van der Waals surface area contributed by atoms with Crippen molar-refractivity contribution in [2.75, 3.05) is 12.3 Å². The molecule has 1 unspecified atom stereocenters. The summed E-state index contributed by atoms with van der Waals surface area (Å²) in [7, 11) is 0. The number of aromatic nitrogens is 4. The van der Waals surface area contributed by atoms with Gasteiger partial charge in [0.2, 0.25) is 0 Å². The smallest absolute Gasteiger partial charge is 0.155 e. The van der Waals surface area contributed by atoms with Crippen LogP contribution in [0.2, 0.25) is 0 Å². The van der Waals surface area contributed by atoms with Crippen LogP contribution < -0.4 is 5.73 Å². The average molecular weight is 281 g/mol. The van der Waals surface area contributed by atoms with Crippen LogP contribution >= 0.6 is 0 Å². The van der Waals surface area contributed by atoms with Gasteiger partial charge >= 0.3 is 0 Å². The Hall–Kier alpha value is -1.81. The van der Waals surface area contributed by atoms with E-state index in [1.807, 2.05) is 0 Å². The van der Waals surface area contributed by atoms with Gasteiger partial charge in [0, 0.05) is 0 Å². The molecule has 2 aromatic rings. The molecular formula is C11H15N5O4. The Balaban J connectivity index is 2.10. The Morgan fingerprint density at radius 3 is 2.85 bits per heavy atom. The second kappa shape index (κ2) is 4.35. The van der Waals surface area contributed by atoms with Gasteiger partial charge in [-0.05, 0) is 6.92 Å². The highest BCUT2D eigenvalue weighted by atomic mass is 16.6. The largest absolute Gasteiger partial charge is 0.394 e. The number of aromatic amines is 1. The molecule has 108 valence electrons. The first-order chi connectivity index (χ1) is 9.46. The molecule has 1 aliphatic heterocycles. The van der Waals surface area contributed by atoms with Crippen LogP contribution in [0.3, 0.4) is 0 Å². The fourth-order valence-electron chi connectivity index (χ4n) is 2.47. The highest BCUT2D eigenvalue weighted by Gasteiger charge is 2.53. The molecule has 0 aliphatic carbocycles. The number of hydrogen-bond donors (Lipinski definition) is 5. The fourth-order valence-corrected chi connectivity index (χ4v) is 2.47. The van der Waals surface area contributed by atoms with E-state index >= 15 is 0 Å². The number of aliphatic hydroxyl groups excluding tert-OH is 2. The van der Waals surface area contributed by atoms with E-state index in [-0.39, 0.29) is 5.82 Å². The van der Waals surface area contributed by atoms with Crippen molar-refractivity contribution >= 4 is 16.9 Å². The monoisotopic (exact) mass is 281 g/mol. The quantitative estimate of drug-likeness (QED) is 0.445. The van der Waals surface area contributed by atoms with Crippen LogP contribution in [0.25, 0.3) is 11.0 Å². The summed E-state index contributed by atoms with van der Waals surface area (Å²) < 4.78 is 5.51.